The molecule has 14 heavy (non-hydrogen) atoms. The molecule has 0 aliphatic rings. The quantitative estimate of drug-likeness (QED) is 0.729. The number of carbonyl (C=O) groups is 2. The minimum Gasteiger partial charge on any atom is -0.480 e. The van der Waals surface area contributed by atoms with Gasteiger partial charge in [-0.15, -0.1) is 11.3 Å². The van der Waals surface area contributed by atoms with Gasteiger partial charge < -0.3 is 10.4 Å². The molecule has 0 bridgehead atoms. The molecular formula is C9H9NO3S. The number of rotatable bonds is 4. The molecular weight excluding hydrogens is 202 g/mol. The first-order chi connectivity index (χ1) is 6.68. The Labute approximate surface area is 84.9 Å². The number of hydrogen-bond donors (Lipinski definition) is 2. The molecule has 0 spiro atoms. The second-order valence-corrected chi connectivity index (χ2v) is 3.44. The van der Waals surface area contributed by atoms with Gasteiger partial charge in [0.15, 0.2) is 0 Å². The van der Waals surface area contributed by atoms with E-state index < -0.39 is 11.9 Å². The summed E-state index contributed by atoms with van der Waals surface area (Å²) >= 11 is 1.51. The van der Waals surface area contributed by atoms with Crippen LogP contribution in [0, 0.1) is 0 Å². The van der Waals surface area contributed by atoms with Gasteiger partial charge in [0.2, 0.25) is 5.91 Å². The van der Waals surface area contributed by atoms with Gasteiger partial charge in [-0.1, -0.05) is 6.07 Å². The molecule has 1 heterocycles. The number of carbonyl (C=O) groups excluding carboxylic acids is 1. The molecule has 0 aliphatic heterocycles. The summed E-state index contributed by atoms with van der Waals surface area (Å²) in [5.41, 5.74) is 0. The fourth-order valence-corrected chi connectivity index (χ4v) is 1.38. The lowest BCUT2D eigenvalue weighted by Crippen LogP contribution is -2.27. The Balaban J connectivity index is 2.37. The van der Waals surface area contributed by atoms with E-state index in [0.717, 1.165) is 4.88 Å². The maximum absolute atomic E-state index is 11.0. The van der Waals surface area contributed by atoms with Crippen LogP contribution in [0.4, 0.5) is 0 Å². The molecule has 0 radical (unpaired) electrons. The van der Waals surface area contributed by atoms with E-state index in [2.05, 4.69) is 5.32 Å². The molecule has 0 aromatic carbocycles. The number of carboxylic acids is 1. The van der Waals surface area contributed by atoms with Gasteiger partial charge in [0.1, 0.15) is 6.54 Å². The van der Waals surface area contributed by atoms with Gasteiger partial charge in [0.25, 0.3) is 0 Å². The van der Waals surface area contributed by atoms with Crippen molar-refractivity contribution in [1.82, 2.24) is 5.32 Å². The zero-order valence-electron chi connectivity index (χ0n) is 7.27. The molecule has 2 N–H and O–H groups in total. The fraction of sp³-hybridized carbons (Fsp3) is 0.111. The van der Waals surface area contributed by atoms with Crippen molar-refractivity contribution >= 4 is 29.3 Å². The summed E-state index contributed by atoms with van der Waals surface area (Å²) in [5, 5.41) is 12.4. The van der Waals surface area contributed by atoms with E-state index in [1.165, 1.54) is 17.4 Å². The predicted octanol–water partition coefficient (Wildman–Crippen LogP) is 0.962. The van der Waals surface area contributed by atoms with Crippen molar-refractivity contribution in [3.05, 3.63) is 28.5 Å². The van der Waals surface area contributed by atoms with E-state index in [9.17, 15) is 9.59 Å². The maximum atomic E-state index is 11.0. The summed E-state index contributed by atoms with van der Waals surface area (Å²) in [5.74, 6) is -1.45. The third-order valence-electron chi connectivity index (χ3n) is 1.36. The number of amides is 1. The Morgan fingerprint density at radius 2 is 2.36 bits per heavy atom. The first kappa shape index (κ1) is 10.5. The third kappa shape index (κ3) is 3.86. The molecule has 0 saturated carbocycles. The highest BCUT2D eigenvalue weighted by Crippen LogP contribution is 2.09. The number of carboxylic acid groups (broad SMARTS) is 1. The normalized spacial score (nSPS) is 10.3. The van der Waals surface area contributed by atoms with Crippen LogP contribution in [-0.4, -0.2) is 23.5 Å². The summed E-state index contributed by atoms with van der Waals surface area (Å²) in [7, 11) is 0. The van der Waals surface area contributed by atoms with Crippen molar-refractivity contribution in [2.24, 2.45) is 0 Å². The maximum Gasteiger partial charge on any atom is 0.322 e. The highest BCUT2D eigenvalue weighted by atomic mass is 32.1. The highest BCUT2D eigenvalue weighted by Gasteiger charge is 1.98. The molecule has 74 valence electrons. The molecule has 1 aromatic rings. The van der Waals surface area contributed by atoms with Crippen LogP contribution in [0.2, 0.25) is 0 Å². The van der Waals surface area contributed by atoms with Crippen LogP contribution in [-0.2, 0) is 9.59 Å². The minimum absolute atomic E-state index is 0.354. The molecule has 1 rings (SSSR count). The number of thiophene rings is 1. The zero-order valence-corrected chi connectivity index (χ0v) is 8.08. The third-order valence-corrected chi connectivity index (χ3v) is 2.19. The van der Waals surface area contributed by atoms with Crippen molar-refractivity contribution in [3.63, 3.8) is 0 Å². The Morgan fingerprint density at radius 1 is 1.57 bits per heavy atom. The molecule has 0 atom stereocenters. The molecule has 1 aromatic heterocycles. The minimum atomic E-state index is -1.05. The smallest absolute Gasteiger partial charge is 0.322 e. The monoisotopic (exact) mass is 211 g/mol. The van der Waals surface area contributed by atoms with E-state index in [1.807, 2.05) is 17.5 Å². The van der Waals surface area contributed by atoms with Crippen LogP contribution in [0.1, 0.15) is 4.88 Å². The number of nitrogens with one attached hydrogen (secondary N) is 1. The molecule has 0 fully saturated rings. The largest absolute Gasteiger partial charge is 0.480 e. The van der Waals surface area contributed by atoms with Gasteiger partial charge in [-0.3, -0.25) is 9.59 Å². The lowest BCUT2D eigenvalue weighted by Gasteiger charge is -1.94. The Hall–Kier alpha value is -1.62. The predicted molar refractivity (Wildman–Crippen MR) is 54.0 cm³/mol. The summed E-state index contributed by atoms with van der Waals surface area (Å²) < 4.78 is 0. The highest BCUT2D eigenvalue weighted by molar-refractivity contribution is 7.10. The lowest BCUT2D eigenvalue weighted by atomic mass is 10.4. The summed E-state index contributed by atoms with van der Waals surface area (Å²) in [6.07, 6.45) is 2.95. The van der Waals surface area contributed by atoms with Gasteiger partial charge in [-0.2, -0.15) is 0 Å². The van der Waals surface area contributed by atoms with Crippen LogP contribution >= 0.6 is 11.3 Å². The van der Waals surface area contributed by atoms with Crippen LogP contribution in [0.15, 0.2) is 23.6 Å². The molecule has 0 unspecified atom stereocenters. The molecule has 5 heteroatoms. The summed E-state index contributed by atoms with van der Waals surface area (Å²) in [4.78, 5) is 22.0. The Morgan fingerprint density at radius 3 is 2.93 bits per heavy atom. The van der Waals surface area contributed by atoms with Gasteiger partial charge >= 0.3 is 5.97 Å². The molecule has 0 saturated heterocycles. The lowest BCUT2D eigenvalue weighted by molar-refractivity contribution is -0.137. The number of hydrogen-bond acceptors (Lipinski definition) is 3. The van der Waals surface area contributed by atoms with Gasteiger partial charge in [-0.25, -0.2) is 0 Å². The van der Waals surface area contributed by atoms with Crippen LogP contribution in [0.5, 0.6) is 0 Å². The van der Waals surface area contributed by atoms with E-state index in [-0.39, 0.29) is 6.54 Å². The zero-order chi connectivity index (χ0) is 10.4. The van der Waals surface area contributed by atoms with Crippen molar-refractivity contribution in [3.8, 4) is 0 Å². The van der Waals surface area contributed by atoms with E-state index in [1.54, 1.807) is 6.08 Å². The van der Waals surface area contributed by atoms with Crippen molar-refractivity contribution in [1.29, 1.82) is 0 Å². The second kappa shape index (κ2) is 5.18. The van der Waals surface area contributed by atoms with E-state index in [4.69, 9.17) is 5.11 Å². The van der Waals surface area contributed by atoms with Crippen molar-refractivity contribution < 1.29 is 14.7 Å². The van der Waals surface area contributed by atoms with Crippen molar-refractivity contribution in [2.75, 3.05) is 6.54 Å². The first-order valence-corrected chi connectivity index (χ1v) is 4.77. The standard InChI is InChI=1S/C9H9NO3S/c11-8(10-6-9(12)13)4-3-7-2-1-5-14-7/h1-5H,6H2,(H,10,11)(H,12,13)/b4-3+. The topological polar surface area (TPSA) is 66.4 Å². The van der Waals surface area contributed by atoms with Crippen LogP contribution in [0.25, 0.3) is 6.08 Å². The first-order valence-electron chi connectivity index (χ1n) is 3.89. The Bertz CT molecular complexity index is 343. The average molecular weight is 211 g/mol. The SMILES string of the molecule is O=C(O)CNC(=O)/C=C/c1cccs1. The van der Waals surface area contributed by atoms with Crippen molar-refractivity contribution in [2.45, 2.75) is 0 Å². The van der Waals surface area contributed by atoms with Gasteiger partial charge in [-0.05, 0) is 17.5 Å². The van der Waals surface area contributed by atoms with E-state index >= 15 is 0 Å². The van der Waals surface area contributed by atoms with Gasteiger partial charge in [0, 0.05) is 11.0 Å². The van der Waals surface area contributed by atoms with Crippen LogP contribution < -0.4 is 5.32 Å². The number of aliphatic carboxylic acids is 1. The van der Waals surface area contributed by atoms with Gasteiger partial charge in [0.05, 0.1) is 0 Å². The molecule has 4 nitrogen and oxygen atoms in total. The fourth-order valence-electron chi connectivity index (χ4n) is 0.766. The average Bonchev–Trinajstić information content (AvgIpc) is 2.63. The summed E-state index contributed by atoms with van der Waals surface area (Å²) in [6.45, 7) is -0.354. The summed E-state index contributed by atoms with van der Waals surface area (Å²) in [6, 6.07) is 3.74. The Kier molecular flexibility index (Phi) is 3.87. The molecule has 1 amide bonds. The molecule has 0 aliphatic carbocycles. The second-order valence-electron chi connectivity index (χ2n) is 2.46. The van der Waals surface area contributed by atoms with E-state index in [0.29, 0.717) is 0 Å². The van der Waals surface area contributed by atoms with Crippen LogP contribution in [0.3, 0.4) is 0 Å².